The van der Waals surface area contributed by atoms with Crippen LogP contribution in [-0.2, 0) is 11.8 Å². The van der Waals surface area contributed by atoms with Crippen LogP contribution in [0.15, 0.2) is 18.2 Å². The zero-order chi connectivity index (χ0) is 14.4. The summed E-state index contributed by atoms with van der Waals surface area (Å²) in [5.74, 6) is 1.43. The number of nitriles is 1. The molecule has 1 fully saturated rings. The predicted molar refractivity (Wildman–Crippen MR) is 79.7 cm³/mol. The molecule has 1 aromatic rings. The number of ether oxygens (including phenoxy) is 1. The minimum atomic E-state index is -0.162. The Hall–Kier alpha value is -1.49. The third-order valence-corrected chi connectivity index (χ3v) is 5.82. The van der Waals surface area contributed by atoms with Crippen molar-refractivity contribution in [2.75, 3.05) is 7.11 Å². The highest BCUT2D eigenvalue weighted by molar-refractivity contribution is 5.43. The van der Waals surface area contributed by atoms with E-state index in [1.165, 1.54) is 17.5 Å². The van der Waals surface area contributed by atoms with Gasteiger partial charge < -0.3 is 4.74 Å². The zero-order valence-electron chi connectivity index (χ0n) is 12.7. The number of rotatable bonds is 1. The van der Waals surface area contributed by atoms with Gasteiger partial charge in [0, 0.05) is 0 Å². The van der Waals surface area contributed by atoms with Crippen molar-refractivity contribution in [2.45, 2.75) is 51.4 Å². The van der Waals surface area contributed by atoms with Crippen molar-refractivity contribution in [3.8, 4) is 11.8 Å². The van der Waals surface area contributed by atoms with Gasteiger partial charge in [-0.05, 0) is 67.2 Å². The van der Waals surface area contributed by atoms with E-state index in [1.807, 2.05) is 0 Å². The molecule has 2 nitrogen and oxygen atoms in total. The molecule has 2 aliphatic rings. The minimum Gasteiger partial charge on any atom is -0.497 e. The maximum atomic E-state index is 9.66. The molecule has 2 heteroatoms. The fourth-order valence-electron chi connectivity index (χ4n) is 4.73. The van der Waals surface area contributed by atoms with E-state index in [1.54, 1.807) is 7.11 Å². The lowest BCUT2D eigenvalue weighted by Crippen LogP contribution is -2.48. The van der Waals surface area contributed by atoms with Crippen molar-refractivity contribution in [3.05, 3.63) is 29.3 Å². The van der Waals surface area contributed by atoms with Gasteiger partial charge in [-0.1, -0.05) is 19.4 Å². The van der Waals surface area contributed by atoms with Crippen LogP contribution in [0.4, 0.5) is 0 Å². The first-order valence-corrected chi connectivity index (χ1v) is 7.62. The topological polar surface area (TPSA) is 33.0 Å². The summed E-state index contributed by atoms with van der Waals surface area (Å²) in [4.78, 5) is 0. The summed E-state index contributed by atoms with van der Waals surface area (Å²) in [5.41, 5.74) is 2.87. The number of benzene rings is 1. The van der Waals surface area contributed by atoms with E-state index >= 15 is 0 Å². The average Bonchev–Trinajstić information content (AvgIpc) is 2.46. The summed E-state index contributed by atoms with van der Waals surface area (Å²) in [6.45, 7) is 4.54. The third-order valence-electron chi connectivity index (χ3n) is 5.82. The molecule has 3 rings (SSSR count). The normalized spacial score (nSPS) is 35.6. The Balaban J connectivity index is 2.09. The highest BCUT2D eigenvalue weighted by atomic mass is 16.5. The van der Waals surface area contributed by atoms with Crippen LogP contribution in [-0.4, -0.2) is 7.11 Å². The molecule has 0 spiro atoms. The first kappa shape index (κ1) is 13.5. The molecule has 0 bridgehead atoms. The molecule has 3 atom stereocenters. The van der Waals surface area contributed by atoms with Gasteiger partial charge in [-0.15, -0.1) is 0 Å². The van der Waals surface area contributed by atoms with Gasteiger partial charge in [0.15, 0.2) is 0 Å². The van der Waals surface area contributed by atoms with Crippen LogP contribution >= 0.6 is 0 Å². The van der Waals surface area contributed by atoms with Crippen LogP contribution in [0.5, 0.6) is 5.75 Å². The SMILES string of the molecule is COc1ccc2c(c1)CCC1[C@@](C)(C#N)CCC[C@@]21C. The Morgan fingerprint density at radius 2 is 2.10 bits per heavy atom. The molecule has 1 unspecified atom stereocenters. The van der Waals surface area contributed by atoms with Gasteiger partial charge in [-0.2, -0.15) is 5.26 Å². The Labute approximate surface area is 121 Å². The van der Waals surface area contributed by atoms with Crippen LogP contribution in [0.25, 0.3) is 0 Å². The molecule has 0 aliphatic heterocycles. The quantitative estimate of drug-likeness (QED) is 0.764. The summed E-state index contributed by atoms with van der Waals surface area (Å²) < 4.78 is 5.36. The molecule has 2 aliphatic carbocycles. The van der Waals surface area contributed by atoms with Gasteiger partial charge >= 0.3 is 0 Å². The van der Waals surface area contributed by atoms with Crippen LogP contribution in [0.1, 0.15) is 50.7 Å². The average molecular weight is 269 g/mol. The Kier molecular flexibility index (Phi) is 3.05. The standard InChI is InChI=1S/C18H23NO/c1-17(12-19)9-4-10-18(2)15-7-6-14(20-3)11-13(15)5-8-16(17)18/h6-7,11,16H,4-5,8-10H2,1-3H3/t16?,17-,18+/m1/s1. The molecule has 0 heterocycles. The molecule has 106 valence electrons. The molecule has 1 saturated carbocycles. The highest BCUT2D eigenvalue weighted by Crippen LogP contribution is 2.57. The zero-order valence-corrected chi connectivity index (χ0v) is 12.7. The van der Waals surface area contributed by atoms with Crippen LogP contribution in [0.3, 0.4) is 0 Å². The van der Waals surface area contributed by atoms with Gasteiger partial charge in [-0.3, -0.25) is 0 Å². The van der Waals surface area contributed by atoms with E-state index < -0.39 is 0 Å². The first-order valence-electron chi connectivity index (χ1n) is 7.62. The second kappa shape index (κ2) is 4.52. The third kappa shape index (κ3) is 1.76. The smallest absolute Gasteiger partial charge is 0.119 e. The Bertz CT molecular complexity index is 573. The van der Waals surface area contributed by atoms with E-state index in [4.69, 9.17) is 4.74 Å². The Morgan fingerprint density at radius 1 is 1.30 bits per heavy atom. The van der Waals surface area contributed by atoms with Gasteiger partial charge in [0.05, 0.1) is 18.6 Å². The van der Waals surface area contributed by atoms with Crippen molar-refractivity contribution in [1.29, 1.82) is 5.26 Å². The lowest BCUT2D eigenvalue weighted by molar-refractivity contribution is 0.0687. The molecule has 0 radical (unpaired) electrons. The minimum absolute atomic E-state index is 0.155. The van der Waals surface area contributed by atoms with Crippen molar-refractivity contribution >= 4 is 0 Å². The summed E-state index contributed by atoms with van der Waals surface area (Å²) in [5, 5.41) is 9.66. The molecular formula is C18H23NO. The van der Waals surface area contributed by atoms with Crippen LogP contribution < -0.4 is 4.74 Å². The summed E-state index contributed by atoms with van der Waals surface area (Å²) in [7, 11) is 1.72. The van der Waals surface area contributed by atoms with Gasteiger partial charge in [-0.25, -0.2) is 0 Å². The van der Waals surface area contributed by atoms with Crippen molar-refractivity contribution in [3.63, 3.8) is 0 Å². The largest absolute Gasteiger partial charge is 0.497 e. The molecule has 0 saturated heterocycles. The van der Waals surface area contributed by atoms with Gasteiger partial charge in [0.2, 0.25) is 0 Å². The van der Waals surface area contributed by atoms with Crippen molar-refractivity contribution < 1.29 is 4.74 Å². The van der Waals surface area contributed by atoms with E-state index in [-0.39, 0.29) is 10.8 Å². The van der Waals surface area contributed by atoms with Gasteiger partial charge in [0.1, 0.15) is 5.75 Å². The van der Waals surface area contributed by atoms with E-state index in [0.717, 1.165) is 31.4 Å². The highest BCUT2D eigenvalue weighted by Gasteiger charge is 2.52. The van der Waals surface area contributed by atoms with E-state index in [0.29, 0.717) is 5.92 Å². The molecule has 0 amide bonds. The maximum absolute atomic E-state index is 9.66. The lowest BCUT2D eigenvalue weighted by atomic mass is 9.50. The predicted octanol–water partition coefficient (Wildman–Crippen LogP) is 4.23. The maximum Gasteiger partial charge on any atom is 0.119 e. The number of hydrogen-bond donors (Lipinski definition) is 0. The Morgan fingerprint density at radius 3 is 2.80 bits per heavy atom. The van der Waals surface area contributed by atoms with Gasteiger partial charge in [0.25, 0.3) is 0 Å². The van der Waals surface area contributed by atoms with Crippen LogP contribution in [0, 0.1) is 22.7 Å². The first-order chi connectivity index (χ1) is 9.53. The second-order valence-electron chi connectivity index (χ2n) is 6.91. The monoisotopic (exact) mass is 269 g/mol. The van der Waals surface area contributed by atoms with Crippen LogP contribution in [0.2, 0.25) is 0 Å². The number of hydrogen-bond acceptors (Lipinski definition) is 2. The molecule has 0 aromatic heterocycles. The van der Waals surface area contributed by atoms with Crippen molar-refractivity contribution in [2.24, 2.45) is 11.3 Å². The number of methoxy groups -OCH3 is 1. The van der Waals surface area contributed by atoms with Crippen molar-refractivity contribution in [1.82, 2.24) is 0 Å². The number of aryl methyl sites for hydroxylation is 1. The summed E-state index contributed by atoms with van der Waals surface area (Å²) in [6.07, 6.45) is 5.61. The molecule has 0 N–H and O–H groups in total. The second-order valence-corrected chi connectivity index (χ2v) is 6.91. The molecular weight excluding hydrogens is 246 g/mol. The fraction of sp³-hybridized carbons (Fsp3) is 0.611. The fourth-order valence-corrected chi connectivity index (χ4v) is 4.73. The van der Waals surface area contributed by atoms with E-state index in [2.05, 4.69) is 38.1 Å². The lowest BCUT2D eigenvalue weighted by Gasteiger charge is -2.52. The summed E-state index contributed by atoms with van der Waals surface area (Å²) >= 11 is 0. The summed E-state index contributed by atoms with van der Waals surface area (Å²) in [6, 6.07) is 9.14. The number of fused-ring (bicyclic) bond motifs is 3. The number of nitrogens with zero attached hydrogens (tertiary/aromatic N) is 1. The molecule has 1 aromatic carbocycles. The van der Waals surface area contributed by atoms with E-state index in [9.17, 15) is 5.26 Å². The molecule has 20 heavy (non-hydrogen) atoms.